The van der Waals surface area contributed by atoms with E-state index < -0.39 is 6.10 Å². The van der Waals surface area contributed by atoms with Crippen LogP contribution in [0.1, 0.15) is 38.0 Å². The van der Waals surface area contributed by atoms with Gasteiger partial charge >= 0.3 is 0 Å². The van der Waals surface area contributed by atoms with Gasteiger partial charge in [0.1, 0.15) is 11.9 Å². The molecule has 0 aliphatic carbocycles. The minimum absolute atomic E-state index is 0.121. The summed E-state index contributed by atoms with van der Waals surface area (Å²) in [7, 11) is 0. The number of nitrogens with zero attached hydrogens (tertiary/aromatic N) is 2. The zero-order chi connectivity index (χ0) is 13.8. The highest BCUT2D eigenvalue weighted by Crippen LogP contribution is 2.25. The molecular weight excluding hydrogens is 240 g/mol. The average molecular weight is 260 g/mol. The Labute approximate surface area is 113 Å². The zero-order valence-electron chi connectivity index (χ0n) is 11.6. The van der Waals surface area contributed by atoms with Gasteiger partial charge in [-0.3, -0.25) is 4.68 Å². The first-order chi connectivity index (χ1) is 9.10. The molecule has 102 valence electrons. The van der Waals surface area contributed by atoms with Crippen molar-refractivity contribution in [2.24, 2.45) is 0 Å². The van der Waals surface area contributed by atoms with E-state index in [1.165, 1.54) is 0 Å². The summed E-state index contributed by atoms with van der Waals surface area (Å²) in [6, 6.07) is 7.54. The Morgan fingerprint density at radius 2 is 2.11 bits per heavy atom. The predicted molar refractivity (Wildman–Crippen MR) is 74.2 cm³/mol. The van der Waals surface area contributed by atoms with Crippen molar-refractivity contribution >= 4 is 0 Å². The van der Waals surface area contributed by atoms with Crippen molar-refractivity contribution in [3.63, 3.8) is 0 Å². The van der Waals surface area contributed by atoms with Crippen LogP contribution in [0, 0.1) is 0 Å². The Morgan fingerprint density at radius 3 is 2.74 bits per heavy atom. The summed E-state index contributed by atoms with van der Waals surface area (Å²) >= 11 is 0. The molecule has 2 rings (SSSR count). The number of benzene rings is 1. The quantitative estimate of drug-likeness (QED) is 0.899. The van der Waals surface area contributed by atoms with Gasteiger partial charge in [-0.25, -0.2) is 0 Å². The lowest BCUT2D eigenvalue weighted by Crippen LogP contribution is -2.06. The van der Waals surface area contributed by atoms with Gasteiger partial charge in [-0.2, -0.15) is 5.10 Å². The second-order valence-electron chi connectivity index (χ2n) is 4.77. The van der Waals surface area contributed by atoms with Gasteiger partial charge in [0.25, 0.3) is 0 Å². The van der Waals surface area contributed by atoms with E-state index in [1.54, 1.807) is 10.9 Å². The zero-order valence-corrected chi connectivity index (χ0v) is 11.6. The van der Waals surface area contributed by atoms with E-state index in [4.69, 9.17) is 4.74 Å². The van der Waals surface area contributed by atoms with Gasteiger partial charge in [0, 0.05) is 18.3 Å². The standard InChI is InChI=1S/C15H20N2O2/c1-4-17-10-13(9-16-17)15(18)12-6-5-7-14(8-12)19-11(2)3/h5-11,15,18H,4H2,1-3H3. The molecule has 0 bridgehead atoms. The van der Waals surface area contributed by atoms with E-state index in [0.29, 0.717) is 0 Å². The van der Waals surface area contributed by atoms with E-state index in [2.05, 4.69) is 5.10 Å². The van der Waals surface area contributed by atoms with E-state index in [9.17, 15) is 5.11 Å². The van der Waals surface area contributed by atoms with Crippen LogP contribution < -0.4 is 4.74 Å². The van der Waals surface area contributed by atoms with Crippen molar-refractivity contribution in [1.82, 2.24) is 9.78 Å². The van der Waals surface area contributed by atoms with Gasteiger partial charge in [-0.1, -0.05) is 12.1 Å². The van der Waals surface area contributed by atoms with Crippen LogP contribution in [0.15, 0.2) is 36.7 Å². The molecule has 1 unspecified atom stereocenters. The summed E-state index contributed by atoms with van der Waals surface area (Å²) in [6.07, 6.45) is 3.01. The Balaban J connectivity index is 2.20. The maximum atomic E-state index is 10.4. The molecule has 1 atom stereocenters. The van der Waals surface area contributed by atoms with Crippen LogP contribution in [0.4, 0.5) is 0 Å². The molecule has 0 spiro atoms. The van der Waals surface area contributed by atoms with Crippen molar-refractivity contribution in [2.45, 2.75) is 39.5 Å². The summed E-state index contributed by atoms with van der Waals surface area (Å²) in [4.78, 5) is 0. The van der Waals surface area contributed by atoms with Gasteiger partial charge < -0.3 is 9.84 Å². The fourth-order valence-corrected chi connectivity index (χ4v) is 1.92. The third-order valence-electron chi connectivity index (χ3n) is 2.84. The number of hydrogen-bond acceptors (Lipinski definition) is 3. The van der Waals surface area contributed by atoms with E-state index in [0.717, 1.165) is 23.4 Å². The molecule has 1 heterocycles. The van der Waals surface area contributed by atoms with Gasteiger partial charge in [0.05, 0.1) is 12.3 Å². The largest absolute Gasteiger partial charge is 0.491 e. The summed E-state index contributed by atoms with van der Waals surface area (Å²) in [5, 5.41) is 14.5. The molecule has 0 fully saturated rings. The maximum Gasteiger partial charge on any atom is 0.120 e. The molecule has 0 saturated carbocycles. The number of hydrogen-bond donors (Lipinski definition) is 1. The van der Waals surface area contributed by atoms with Gasteiger partial charge in [0.15, 0.2) is 0 Å². The Kier molecular flexibility index (Phi) is 4.22. The van der Waals surface area contributed by atoms with Crippen molar-refractivity contribution in [3.8, 4) is 5.75 Å². The third kappa shape index (κ3) is 3.35. The lowest BCUT2D eigenvalue weighted by atomic mass is 10.0. The van der Waals surface area contributed by atoms with Crippen molar-refractivity contribution in [1.29, 1.82) is 0 Å². The summed E-state index contributed by atoms with van der Waals surface area (Å²) in [5.74, 6) is 0.773. The van der Waals surface area contributed by atoms with Crippen molar-refractivity contribution < 1.29 is 9.84 Å². The predicted octanol–water partition coefficient (Wildman–Crippen LogP) is 2.77. The molecular formula is C15H20N2O2. The smallest absolute Gasteiger partial charge is 0.120 e. The summed E-state index contributed by atoms with van der Waals surface area (Å²) in [6.45, 7) is 6.77. The Hall–Kier alpha value is -1.81. The summed E-state index contributed by atoms with van der Waals surface area (Å²) < 4.78 is 7.43. The molecule has 0 radical (unpaired) electrons. The van der Waals surface area contributed by atoms with Crippen molar-refractivity contribution in [2.75, 3.05) is 0 Å². The second kappa shape index (κ2) is 5.89. The van der Waals surface area contributed by atoms with Crippen LogP contribution in [0.25, 0.3) is 0 Å². The average Bonchev–Trinajstić information content (AvgIpc) is 2.86. The molecule has 4 nitrogen and oxygen atoms in total. The molecule has 4 heteroatoms. The van der Waals surface area contributed by atoms with Crippen molar-refractivity contribution in [3.05, 3.63) is 47.8 Å². The lowest BCUT2D eigenvalue weighted by molar-refractivity contribution is 0.216. The van der Waals surface area contributed by atoms with Crippen LogP contribution >= 0.6 is 0 Å². The van der Waals surface area contributed by atoms with Gasteiger partial charge in [-0.05, 0) is 38.5 Å². The molecule has 19 heavy (non-hydrogen) atoms. The van der Waals surface area contributed by atoms with Crippen LogP contribution in [0.2, 0.25) is 0 Å². The molecule has 0 saturated heterocycles. The SMILES string of the molecule is CCn1cc(C(O)c2cccc(OC(C)C)c2)cn1. The third-order valence-corrected chi connectivity index (χ3v) is 2.84. The fourth-order valence-electron chi connectivity index (χ4n) is 1.92. The monoisotopic (exact) mass is 260 g/mol. The molecule has 1 N–H and O–H groups in total. The van der Waals surface area contributed by atoms with Crippen LogP contribution in [0.5, 0.6) is 5.75 Å². The number of aliphatic hydroxyl groups excluding tert-OH is 1. The minimum atomic E-state index is -0.670. The first-order valence-electron chi connectivity index (χ1n) is 6.57. The molecule has 1 aromatic carbocycles. The highest BCUT2D eigenvalue weighted by atomic mass is 16.5. The summed E-state index contributed by atoms with van der Waals surface area (Å²) in [5.41, 5.74) is 1.61. The second-order valence-corrected chi connectivity index (χ2v) is 4.77. The number of aryl methyl sites for hydroxylation is 1. The first-order valence-corrected chi connectivity index (χ1v) is 6.57. The van der Waals surface area contributed by atoms with E-state index in [-0.39, 0.29) is 6.10 Å². The number of aromatic nitrogens is 2. The number of aliphatic hydroxyl groups is 1. The highest BCUT2D eigenvalue weighted by molar-refractivity contribution is 5.34. The van der Waals surface area contributed by atoms with E-state index in [1.807, 2.05) is 51.2 Å². The molecule has 0 amide bonds. The molecule has 0 aliphatic rings. The Bertz CT molecular complexity index is 534. The number of rotatable bonds is 5. The Morgan fingerprint density at radius 1 is 1.32 bits per heavy atom. The number of ether oxygens (including phenoxy) is 1. The normalized spacial score (nSPS) is 12.7. The van der Waals surface area contributed by atoms with Crippen LogP contribution in [0.3, 0.4) is 0 Å². The topological polar surface area (TPSA) is 47.3 Å². The van der Waals surface area contributed by atoms with Gasteiger partial charge in [0.2, 0.25) is 0 Å². The molecule has 1 aromatic heterocycles. The molecule has 2 aromatic rings. The minimum Gasteiger partial charge on any atom is -0.491 e. The van der Waals surface area contributed by atoms with Gasteiger partial charge in [-0.15, -0.1) is 0 Å². The van der Waals surface area contributed by atoms with E-state index >= 15 is 0 Å². The lowest BCUT2D eigenvalue weighted by Gasteiger charge is -2.13. The first kappa shape index (κ1) is 13.6. The molecule has 0 aliphatic heterocycles. The van der Waals surface area contributed by atoms with Crippen LogP contribution in [-0.4, -0.2) is 21.0 Å². The maximum absolute atomic E-state index is 10.4. The highest BCUT2D eigenvalue weighted by Gasteiger charge is 2.13. The van der Waals surface area contributed by atoms with Crippen LogP contribution in [-0.2, 0) is 6.54 Å². The fraction of sp³-hybridized carbons (Fsp3) is 0.400.